The highest BCUT2D eigenvalue weighted by Crippen LogP contribution is 2.14. The number of rotatable bonds is 9. The largest absolute Gasteiger partial charge is 0.455 e. The minimum absolute atomic E-state index is 0.187. The summed E-state index contributed by atoms with van der Waals surface area (Å²) in [5, 5.41) is 4.86. The maximum atomic E-state index is 12.9. The van der Waals surface area contributed by atoms with Gasteiger partial charge in [0.05, 0.1) is 4.90 Å². The predicted molar refractivity (Wildman–Crippen MR) is 93.5 cm³/mol. The van der Waals surface area contributed by atoms with Crippen LogP contribution in [-0.2, 0) is 29.1 Å². The van der Waals surface area contributed by atoms with E-state index in [2.05, 4.69) is 10.6 Å². The molecule has 1 aromatic carbocycles. The third kappa shape index (κ3) is 6.94. The second kappa shape index (κ2) is 9.97. The molecule has 0 unspecified atom stereocenters. The summed E-state index contributed by atoms with van der Waals surface area (Å²) in [5.41, 5.74) is 0. The molecule has 0 saturated heterocycles. The van der Waals surface area contributed by atoms with E-state index < -0.39 is 46.9 Å². The van der Waals surface area contributed by atoms with Gasteiger partial charge in [-0.25, -0.2) is 12.8 Å². The van der Waals surface area contributed by atoms with Crippen molar-refractivity contribution in [3.05, 3.63) is 30.1 Å². The fourth-order valence-electron chi connectivity index (χ4n) is 1.92. The lowest BCUT2D eigenvalue weighted by Gasteiger charge is -2.17. The lowest BCUT2D eigenvalue weighted by molar-refractivity contribution is -0.148. The van der Waals surface area contributed by atoms with Gasteiger partial charge in [0.25, 0.3) is 5.91 Å². The molecule has 0 saturated carbocycles. The standard InChI is InChI=1S/C16H22FN3O6S/c1-4-18-16(23)11(2)19-14(21)10-26-15(22)9-20(3)27(24,25)13-7-5-12(17)6-8-13/h5-8,11H,4,9-10H2,1-3H3,(H,18,23)(H,19,21)/t11-/m1/s1. The summed E-state index contributed by atoms with van der Waals surface area (Å²) in [6.45, 7) is 2.30. The van der Waals surface area contributed by atoms with Gasteiger partial charge in [-0.3, -0.25) is 14.4 Å². The first-order valence-electron chi connectivity index (χ1n) is 8.02. The van der Waals surface area contributed by atoms with Gasteiger partial charge in [-0.1, -0.05) is 0 Å². The highest BCUT2D eigenvalue weighted by Gasteiger charge is 2.24. The Bertz CT molecular complexity index is 782. The Morgan fingerprint density at radius 1 is 1.22 bits per heavy atom. The van der Waals surface area contributed by atoms with Crippen molar-refractivity contribution in [1.82, 2.24) is 14.9 Å². The number of hydrogen-bond acceptors (Lipinski definition) is 6. The number of likely N-dealkylation sites (N-methyl/N-ethyl adjacent to an activating group) is 2. The fraction of sp³-hybridized carbons (Fsp3) is 0.438. The van der Waals surface area contributed by atoms with Crippen molar-refractivity contribution in [2.75, 3.05) is 26.7 Å². The summed E-state index contributed by atoms with van der Waals surface area (Å²) in [4.78, 5) is 34.7. The molecule has 2 N–H and O–H groups in total. The van der Waals surface area contributed by atoms with Crippen LogP contribution in [0.4, 0.5) is 4.39 Å². The minimum atomic E-state index is -4.01. The molecule has 1 atom stereocenters. The Labute approximate surface area is 156 Å². The third-order valence-electron chi connectivity index (χ3n) is 3.36. The van der Waals surface area contributed by atoms with Crippen LogP contribution in [0.25, 0.3) is 0 Å². The van der Waals surface area contributed by atoms with Crippen LogP contribution in [0.5, 0.6) is 0 Å². The van der Waals surface area contributed by atoms with Crippen LogP contribution in [0, 0.1) is 5.82 Å². The van der Waals surface area contributed by atoms with E-state index >= 15 is 0 Å². The molecular formula is C16H22FN3O6S. The van der Waals surface area contributed by atoms with Crippen molar-refractivity contribution in [3.8, 4) is 0 Å². The maximum absolute atomic E-state index is 12.9. The summed E-state index contributed by atoms with van der Waals surface area (Å²) in [5.74, 6) is -2.64. The van der Waals surface area contributed by atoms with Gasteiger partial charge in [0.15, 0.2) is 6.61 Å². The number of hydrogen-bond donors (Lipinski definition) is 2. The van der Waals surface area contributed by atoms with Crippen LogP contribution >= 0.6 is 0 Å². The Balaban J connectivity index is 2.53. The zero-order valence-corrected chi connectivity index (χ0v) is 16.0. The van der Waals surface area contributed by atoms with E-state index in [-0.39, 0.29) is 10.8 Å². The first-order chi connectivity index (χ1) is 12.6. The second-order valence-electron chi connectivity index (χ2n) is 5.56. The molecule has 0 fully saturated rings. The second-order valence-corrected chi connectivity index (χ2v) is 7.60. The molecule has 2 amide bonds. The molecule has 11 heteroatoms. The molecule has 0 spiro atoms. The van der Waals surface area contributed by atoms with Gasteiger partial charge in [-0.15, -0.1) is 0 Å². The van der Waals surface area contributed by atoms with Gasteiger partial charge in [-0.05, 0) is 38.1 Å². The summed E-state index contributed by atoms with van der Waals surface area (Å²) in [7, 11) is -2.86. The van der Waals surface area contributed by atoms with E-state index in [0.29, 0.717) is 6.54 Å². The average Bonchev–Trinajstić information content (AvgIpc) is 2.60. The molecule has 0 aliphatic heterocycles. The molecule has 0 aliphatic carbocycles. The average molecular weight is 403 g/mol. The van der Waals surface area contributed by atoms with Crippen LogP contribution in [0.3, 0.4) is 0 Å². The smallest absolute Gasteiger partial charge is 0.321 e. The topological polar surface area (TPSA) is 122 Å². The number of amides is 2. The molecule has 0 radical (unpaired) electrons. The number of sulfonamides is 1. The van der Waals surface area contributed by atoms with Gasteiger partial charge < -0.3 is 15.4 Å². The first kappa shape index (κ1) is 22.5. The van der Waals surface area contributed by atoms with E-state index in [1.54, 1.807) is 6.92 Å². The predicted octanol–water partition coefficient (Wildman–Crippen LogP) is -0.370. The van der Waals surface area contributed by atoms with Crippen molar-refractivity contribution in [2.45, 2.75) is 24.8 Å². The van der Waals surface area contributed by atoms with Gasteiger partial charge in [0.2, 0.25) is 15.9 Å². The van der Waals surface area contributed by atoms with Crippen LogP contribution in [0.2, 0.25) is 0 Å². The Morgan fingerprint density at radius 2 is 1.81 bits per heavy atom. The van der Waals surface area contributed by atoms with Crippen LogP contribution in [0.15, 0.2) is 29.2 Å². The molecule has 150 valence electrons. The fourth-order valence-corrected chi connectivity index (χ4v) is 3.04. The molecule has 0 aliphatic rings. The molecule has 9 nitrogen and oxygen atoms in total. The van der Waals surface area contributed by atoms with E-state index in [1.807, 2.05) is 0 Å². The number of halogens is 1. The van der Waals surface area contributed by atoms with Crippen molar-refractivity contribution >= 4 is 27.8 Å². The molecule has 1 rings (SSSR count). The molecule has 0 bridgehead atoms. The monoisotopic (exact) mass is 403 g/mol. The van der Waals surface area contributed by atoms with Gasteiger partial charge in [0.1, 0.15) is 18.4 Å². The van der Waals surface area contributed by atoms with Crippen LogP contribution in [-0.4, -0.2) is 63.3 Å². The molecule has 1 aromatic rings. The molecule has 0 heterocycles. The van der Waals surface area contributed by atoms with Crippen molar-refractivity contribution in [1.29, 1.82) is 0 Å². The van der Waals surface area contributed by atoms with Gasteiger partial charge in [0, 0.05) is 13.6 Å². The van der Waals surface area contributed by atoms with Crippen molar-refractivity contribution in [2.24, 2.45) is 0 Å². The summed E-state index contributed by atoms with van der Waals surface area (Å²) < 4.78 is 42.9. The number of benzene rings is 1. The number of esters is 1. The maximum Gasteiger partial charge on any atom is 0.321 e. The van der Waals surface area contributed by atoms with Gasteiger partial charge in [-0.2, -0.15) is 4.31 Å². The molecule has 27 heavy (non-hydrogen) atoms. The lowest BCUT2D eigenvalue weighted by atomic mass is 10.3. The van der Waals surface area contributed by atoms with Crippen molar-refractivity contribution in [3.63, 3.8) is 0 Å². The van der Waals surface area contributed by atoms with E-state index in [0.717, 1.165) is 35.6 Å². The highest BCUT2D eigenvalue weighted by atomic mass is 32.2. The van der Waals surface area contributed by atoms with Crippen LogP contribution < -0.4 is 10.6 Å². The van der Waals surface area contributed by atoms with E-state index in [9.17, 15) is 27.2 Å². The van der Waals surface area contributed by atoms with E-state index in [4.69, 9.17) is 4.74 Å². The van der Waals surface area contributed by atoms with Crippen molar-refractivity contribution < 1.29 is 31.9 Å². The number of nitrogens with one attached hydrogen (secondary N) is 2. The summed E-state index contributed by atoms with van der Waals surface area (Å²) >= 11 is 0. The highest BCUT2D eigenvalue weighted by molar-refractivity contribution is 7.89. The zero-order valence-electron chi connectivity index (χ0n) is 15.2. The minimum Gasteiger partial charge on any atom is -0.455 e. The Morgan fingerprint density at radius 3 is 2.37 bits per heavy atom. The summed E-state index contributed by atoms with van der Waals surface area (Å²) in [6, 6.07) is 3.31. The summed E-state index contributed by atoms with van der Waals surface area (Å²) in [6.07, 6.45) is 0. The van der Waals surface area contributed by atoms with Gasteiger partial charge >= 0.3 is 5.97 Å². The van der Waals surface area contributed by atoms with E-state index in [1.165, 1.54) is 6.92 Å². The number of carbonyl (C=O) groups is 3. The molecule has 0 aromatic heterocycles. The SMILES string of the molecule is CCNC(=O)[C@@H](C)NC(=O)COC(=O)CN(C)S(=O)(=O)c1ccc(F)cc1. The number of nitrogens with zero attached hydrogens (tertiary/aromatic N) is 1. The third-order valence-corrected chi connectivity index (χ3v) is 5.18. The normalized spacial score (nSPS) is 12.3. The number of ether oxygens (including phenoxy) is 1. The number of carbonyl (C=O) groups excluding carboxylic acids is 3. The van der Waals surface area contributed by atoms with Crippen LogP contribution in [0.1, 0.15) is 13.8 Å². The Kier molecular flexibility index (Phi) is 8.32. The first-order valence-corrected chi connectivity index (χ1v) is 9.46. The Hall–Kier alpha value is -2.53. The molecular weight excluding hydrogens is 381 g/mol. The quantitative estimate of drug-likeness (QED) is 0.543. The zero-order chi connectivity index (χ0) is 20.6. The lowest BCUT2D eigenvalue weighted by Crippen LogP contribution is -2.46.